The van der Waals surface area contributed by atoms with Gasteiger partial charge >= 0.3 is 5.97 Å². The molecular formula is C17H18ClFN2O2. The van der Waals surface area contributed by atoms with Crippen LogP contribution in [0.25, 0.3) is 0 Å². The van der Waals surface area contributed by atoms with Gasteiger partial charge in [-0.05, 0) is 49.7 Å². The van der Waals surface area contributed by atoms with Gasteiger partial charge in [-0.3, -0.25) is 4.79 Å². The van der Waals surface area contributed by atoms with E-state index in [-0.39, 0.29) is 40.1 Å². The Morgan fingerprint density at radius 2 is 2.00 bits per heavy atom. The van der Waals surface area contributed by atoms with E-state index in [0.29, 0.717) is 5.92 Å². The highest BCUT2D eigenvalue weighted by molar-refractivity contribution is 6.32. The summed E-state index contributed by atoms with van der Waals surface area (Å²) in [6.45, 7) is 0. The van der Waals surface area contributed by atoms with Crippen molar-refractivity contribution in [3.63, 3.8) is 0 Å². The third kappa shape index (κ3) is 2.88. The summed E-state index contributed by atoms with van der Waals surface area (Å²) in [6, 6.07) is 4.24. The smallest absolute Gasteiger partial charge is 0.311 e. The normalized spacial score (nSPS) is 29.0. The van der Waals surface area contributed by atoms with Crippen LogP contribution >= 0.6 is 11.6 Å². The zero-order valence-corrected chi connectivity index (χ0v) is 13.6. The number of benzene rings is 1. The maximum Gasteiger partial charge on any atom is 0.311 e. The third-order valence-electron chi connectivity index (χ3n) is 5.19. The molecule has 3 saturated carbocycles. The zero-order valence-electron chi connectivity index (χ0n) is 12.8. The van der Waals surface area contributed by atoms with Gasteiger partial charge in [0.05, 0.1) is 29.3 Å². The summed E-state index contributed by atoms with van der Waals surface area (Å²) in [5.74, 6) is -0.436. The van der Waals surface area contributed by atoms with E-state index in [1.54, 1.807) is 0 Å². The molecule has 3 aliphatic rings. The first-order valence-corrected chi connectivity index (χ1v) is 8.16. The fraction of sp³-hybridized carbons (Fsp3) is 0.529. The molecule has 3 fully saturated rings. The Bertz CT molecular complexity index is 665. The average Bonchev–Trinajstić information content (AvgIpc) is 2.58. The molecule has 2 atom stereocenters. The van der Waals surface area contributed by atoms with Crippen LogP contribution in [-0.4, -0.2) is 19.1 Å². The van der Waals surface area contributed by atoms with Crippen molar-refractivity contribution in [1.29, 1.82) is 5.26 Å². The number of anilines is 1. The molecule has 0 unspecified atom stereocenters. The SMILES string of the molecule is COC(=O)[C@@H]1C2CCC(CC2)[C@H]1Nc1cc(Cl)c(C#N)cc1F. The molecule has 0 amide bonds. The highest BCUT2D eigenvalue weighted by Crippen LogP contribution is 2.47. The Kier molecular flexibility index (Phi) is 4.45. The van der Waals surface area contributed by atoms with Crippen LogP contribution < -0.4 is 5.32 Å². The molecule has 0 heterocycles. The largest absolute Gasteiger partial charge is 0.469 e. The van der Waals surface area contributed by atoms with Crippen LogP contribution in [0.3, 0.4) is 0 Å². The van der Waals surface area contributed by atoms with Crippen molar-refractivity contribution in [2.45, 2.75) is 31.7 Å². The fourth-order valence-corrected chi connectivity index (χ4v) is 4.26. The van der Waals surface area contributed by atoms with Crippen molar-refractivity contribution in [3.05, 3.63) is 28.5 Å². The molecule has 0 saturated heterocycles. The molecule has 122 valence electrons. The van der Waals surface area contributed by atoms with Crippen molar-refractivity contribution >= 4 is 23.3 Å². The van der Waals surface area contributed by atoms with Crippen LogP contribution in [0.15, 0.2) is 12.1 Å². The predicted octanol–water partition coefficient (Wildman–Crippen LogP) is 3.74. The van der Waals surface area contributed by atoms with Crippen LogP contribution in [-0.2, 0) is 9.53 Å². The van der Waals surface area contributed by atoms with E-state index in [4.69, 9.17) is 21.6 Å². The van der Waals surface area contributed by atoms with E-state index in [0.717, 1.165) is 31.7 Å². The molecule has 23 heavy (non-hydrogen) atoms. The number of halogens is 2. The number of ether oxygens (including phenoxy) is 1. The van der Waals surface area contributed by atoms with Gasteiger partial charge in [0.25, 0.3) is 0 Å². The van der Waals surface area contributed by atoms with E-state index >= 15 is 0 Å². The molecular weight excluding hydrogens is 319 g/mol. The van der Waals surface area contributed by atoms with Crippen molar-refractivity contribution < 1.29 is 13.9 Å². The minimum absolute atomic E-state index is 0.101. The predicted molar refractivity (Wildman–Crippen MR) is 84.5 cm³/mol. The van der Waals surface area contributed by atoms with Crippen molar-refractivity contribution in [2.24, 2.45) is 17.8 Å². The number of nitriles is 1. The second-order valence-electron chi connectivity index (χ2n) is 6.32. The molecule has 0 radical (unpaired) electrons. The number of hydrogen-bond acceptors (Lipinski definition) is 4. The van der Waals surface area contributed by atoms with Gasteiger partial charge in [0.2, 0.25) is 0 Å². The lowest BCUT2D eigenvalue weighted by Crippen LogP contribution is -2.51. The number of carbonyl (C=O) groups excluding carboxylic acids is 1. The lowest BCUT2D eigenvalue weighted by molar-refractivity contribution is -0.152. The summed E-state index contributed by atoms with van der Waals surface area (Å²) in [4.78, 5) is 12.2. The molecule has 1 N–H and O–H groups in total. The number of esters is 1. The van der Waals surface area contributed by atoms with Crippen LogP contribution in [0.5, 0.6) is 0 Å². The number of rotatable bonds is 3. The van der Waals surface area contributed by atoms with Crippen molar-refractivity contribution in [3.8, 4) is 6.07 Å². The first-order valence-electron chi connectivity index (χ1n) is 7.78. The Hall–Kier alpha value is -1.80. The minimum Gasteiger partial charge on any atom is -0.469 e. The van der Waals surface area contributed by atoms with Gasteiger partial charge in [0.1, 0.15) is 11.9 Å². The number of carbonyl (C=O) groups is 1. The molecule has 2 bridgehead atoms. The maximum absolute atomic E-state index is 14.2. The van der Waals surface area contributed by atoms with Gasteiger partial charge in [-0.2, -0.15) is 5.26 Å². The Morgan fingerprint density at radius 1 is 1.35 bits per heavy atom. The van der Waals surface area contributed by atoms with E-state index in [2.05, 4.69) is 5.32 Å². The molecule has 4 rings (SSSR count). The Balaban J connectivity index is 1.90. The first kappa shape index (κ1) is 16.1. The van der Waals surface area contributed by atoms with E-state index < -0.39 is 5.82 Å². The summed E-state index contributed by atoms with van der Waals surface area (Å²) in [5, 5.41) is 12.3. The summed E-state index contributed by atoms with van der Waals surface area (Å²) >= 11 is 6.00. The second-order valence-corrected chi connectivity index (χ2v) is 6.72. The number of methoxy groups -OCH3 is 1. The highest BCUT2D eigenvalue weighted by Gasteiger charge is 2.47. The number of nitrogens with one attached hydrogen (secondary N) is 1. The Labute approximate surface area is 139 Å². The summed E-state index contributed by atoms with van der Waals surface area (Å²) < 4.78 is 19.2. The van der Waals surface area contributed by atoms with Crippen LogP contribution in [0.2, 0.25) is 5.02 Å². The van der Waals surface area contributed by atoms with E-state index in [9.17, 15) is 9.18 Å². The number of fused-ring (bicyclic) bond motifs is 3. The van der Waals surface area contributed by atoms with Crippen molar-refractivity contribution in [2.75, 3.05) is 12.4 Å². The maximum atomic E-state index is 14.2. The van der Waals surface area contributed by atoms with Gasteiger partial charge in [-0.15, -0.1) is 0 Å². The molecule has 0 aromatic heterocycles. The first-order chi connectivity index (χ1) is 11.0. The molecule has 1 aromatic rings. The molecule has 4 nitrogen and oxygen atoms in total. The van der Waals surface area contributed by atoms with Gasteiger partial charge < -0.3 is 10.1 Å². The summed E-state index contributed by atoms with van der Waals surface area (Å²) in [7, 11) is 1.39. The monoisotopic (exact) mass is 336 g/mol. The zero-order chi connectivity index (χ0) is 16.6. The second kappa shape index (κ2) is 6.37. The summed E-state index contributed by atoms with van der Waals surface area (Å²) in [5.41, 5.74) is 0.338. The van der Waals surface area contributed by atoms with E-state index in [1.807, 2.05) is 6.07 Å². The Morgan fingerprint density at radius 3 is 2.61 bits per heavy atom. The van der Waals surface area contributed by atoms with Gasteiger partial charge in [0.15, 0.2) is 0 Å². The number of hydrogen-bond donors (Lipinski definition) is 1. The molecule has 1 aromatic carbocycles. The highest BCUT2D eigenvalue weighted by atomic mass is 35.5. The van der Waals surface area contributed by atoms with Crippen molar-refractivity contribution in [1.82, 2.24) is 0 Å². The van der Waals surface area contributed by atoms with Gasteiger partial charge in [-0.25, -0.2) is 4.39 Å². The van der Waals surface area contributed by atoms with Gasteiger partial charge in [0, 0.05) is 6.04 Å². The molecule has 6 heteroatoms. The topological polar surface area (TPSA) is 62.1 Å². The number of nitrogens with zero attached hydrogens (tertiary/aromatic N) is 1. The standard InChI is InChI=1S/C17H18ClFN2O2/c1-23-17(22)15-9-2-4-10(5-3-9)16(15)21-14-7-12(18)11(8-20)6-13(14)19/h6-7,9-10,15-16,21H,2-5H2,1H3/t9?,10?,15-,16-/m1/s1. The third-order valence-corrected chi connectivity index (χ3v) is 5.50. The summed E-state index contributed by atoms with van der Waals surface area (Å²) in [6.07, 6.45) is 4.08. The molecule has 3 aliphatic carbocycles. The lowest BCUT2D eigenvalue weighted by atomic mass is 9.61. The fourth-order valence-electron chi connectivity index (χ4n) is 4.06. The average molecular weight is 337 g/mol. The molecule has 0 aliphatic heterocycles. The lowest BCUT2D eigenvalue weighted by Gasteiger charge is -2.47. The quantitative estimate of drug-likeness (QED) is 0.854. The van der Waals surface area contributed by atoms with E-state index in [1.165, 1.54) is 13.2 Å². The van der Waals surface area contributed by atoms with Crippen LogP contribution in [0, 0.1) is 34.9 Å². The van der Waals surface area contributed by atoms with Crippen LogP contribution in [0.4, 0.5) is 10.1 Å². The molecule has 0 spiro atoms. The van der Waals surface area contributed by atoms with Crippen LogP contribution in [0.1, 0.15) is 31.2 Å². The minimum atomic E-state index is -0.531. The van der Waals surface area contributed by atoms with Gasteiger partial charge in [-0.1, -0.05) is 11.6 Å².